The number of aliphatic hydroxyl groups excluding tert-OH is 1. The van der Waals surface area contributed by atoms with E-state index in [4.69, 9.17) is 5.11 Å². The number of likely N-dealkylation sites (tertiary alicyclic amines) is 1. The van der Waals surface area contributed by atoms with Crippen LogP contribution < -0.4 is 5.32 Å². The van der Waals surface area contributed by atoms with Gasteiger partial charge in [0.1, 0.15) is 0 Å². The molecule has 0 radical (unpaired) electrons. The van der Waals surface area contributed by atoms with Crippen molar-refractivity contribution in [2.24, 2.45) is 0 Å². The molecule has 0 spiro atoms. The minimum absolute atomic E-state index is 0.0516. The average Bonchev–Trinajstić information content (AvgIpc) is 2.67. The molecule has 0 aromatic carbocycles. The lowest BCUT2D eigenvalue weighted by atomic mass is 10.2. The number of rotatable bonds is 6. The molecule has 0 aliphatic carbocycles. The van der Waals surface area contributed by atoms with Crippen LogP contribution in [0.5, 0.6) is 0 Å². The van der Waals surface area contributed by atoms with Crippen molar-refractivity contribution in [2.45, 2.75) is 38.6 Å². The third kappa shape index (κ3) is 5.14. The van der Waals surface area contributed by atoms with E-state index in [2.05, 4.69) is 10.2 Å². The van der Waals surface area contributed by atoms with Crippen LogP contribution in [-0.2, 0) is 4.79 Å². The van der Waals surface area contributed by atoms with Gasteiger partial charge in [-0.15, -0.1) is 0 Å². The Morgan fingerprint density at radius 2 is 2.13 bits per heavy atom. The van der Waals surface area contributed by atoms with E-state index in [1.54, 1.807) is 0 Å². The highest BCUT2D eigenvalue weighted by Gasteiger charge is 2.15. The van der Waals surface area contributed by atoms with Crippen molar-refractivity contribution in [1.82, 2.24) is 10.2 Å². The fourth-order valence-electron chi connectivity index (χ4n) is 1.98. The minimum atomic E-state index is 0.0516. The molecule has 1 aliphatic rings. The molecule has 1 heterocycles. The standard InChI is InChI=1S/C11H22N2O2/c1-10(9-13-6-2-3-7-13)12-11(15)5-4-8-14/h10,14H,2-9H2,1H3,(H,12,15). The first-order chi connectivity index (χ1) is 7.22. The number of carbonyl (C=O) groups excluding carboxylic acids is 1. The average molecular weight is 214 g/mol. The molecule has 1 rings (SSSR count). The molecule has 1 saturated heterocycles. The predicted molar refractivity (Wildman–Crippen MR) is 59.6 cm³/mol. The first-order valence-electron chi connectivity index (χ1n) is 5.85. The zero-order chi connectivity index (χ0) is 11.1. The maximum absolute atomic E-state index is 11.3. The van der Waals surface area contributed by atoms with Crippen LogP contribution in [0.1, 0.15) is 32.6 Å². The first-order valence-corrected chi connectivity index (χ1v) is 5.85. The molecule has 0 aromatic heterocycles. The molecular formula is C11H22N2O2. The van der Waals surface area contributed by atoms with E-state index in [9.17, 15) is 4.79 Å². The van der Waals surface area contributed by atoms with Gasteiger partial charge in [0.2, 0.25) is 5.91 Å². The molecule has 1 fully saturated rings. The lowest BCUT2D eigenvalue weighted by Crippen LogP contribution is -2.41. The summed E-state index contributed by atoms with van der Waals surface area (Å²) in [6.45, 7) is 5.40. The maximum atomic E-state index is 11.3. The molecule has 1 atom stereocenters. The molecule has 1 unspecified atom stereocenters. The fourth-order valence-corrected chi connectivity index (χ4v) is 1.98. The van der Waals surface area contributed by atoms with E-state index >= 15 is 0 Å². The Morgan fingerprint density at radius 1 is 1.47 bits per heavy atom. The first kappa shape index (κ1) is 12.5. The molecule has 4 heteroatoms. The van der Waals surface area contributed by atoms with Crippen LogP contribution >= 0.6 is 0 Å². The van der Waals surface area contributed by atoms with Crippen molar-refractivity contribution in [1.29, 1.82) is 0 Å². The van der Waals surface area contributed by atoms with Crippen LogP contribution in [-0.4, -0.2) is 48.2 Å². The van der Waals surface area contributed by atoms with Gasteiger partial charge in [-0.1, -0.05) is 0 Å². The van der Waals surface area contributed by atoms with E-state index in [-0.39, 0.29) is 18.6 Å². The third-order valence-electron chi connectivity index (χ3n) is 2.70. The quantitative estimate of drug-likeness (QED) is 0.671. The van der Waals surface area contributed by atoms with Crippen LogP contribution in [0, 0.1) is 0 Å². The van der Waals surface area contributed by atoms with Gasteiger partial charge in [0, 0.05) is 25.6 Å². The topological polar surface area (TPSA) is 52.6 Å². The van der Waals surface area contributed by atoms with E-state index in [0.29, 0.717) is 12.8 Å². The molecule has 0 aromatic rings. The summed E-state index contributed by atoms with van der Waals surface area (Å²) in [4.78, 5) is 13.7. The van der Waals surface area contributed by atoms with E-state index in [1.807, 2.05) is 6.92 Å². The summed E-state index contributed by atoms with van der Waals surface area (Å²) in [6, 6.07) is 0.217. The van der Waals surface area contributed by atoms with Crippen LogP contribution in [0.4, 0.5) is 0 Å². The highest BCUT2D eigenvalue weighted by atomic mass is 16.3. The van der Waals surface area contributed by atoms with Crippen LogP contribution in [0.15, 0.2) is 0 Å². The van der Waals surface area contributed by atoms with E-state index in [1.165, 1.54) is 12.8 Å². The van der Waals surface area contributed by atoms with Gasteiger partial charge < -0.3 is 15.3 Å². The lowest BCUT2D eigenvalue weighted by Gasteiger charge is -2.21. The number of amides is 1. The predicted octanol–water partition coefficient (Wildman–Crippen LogP) is 0.359. The Morgan fingerprint density at radius 3 is 2.73 bits per heavy atom. The van der Waals surface area contributed by atoms with Gasteiger partial charge in [0.25, 0.3) is 0 Å². The number of hydrogen-bond donors (Lipinski definition) is 2. The Bertz CT molecular complexity index is 191. The number of aliphatic hydroxyl groups is 1. The van der Waals surface area contributed by atoms with E-state index in [0.717, 1.165) is 19.6 Å². The summed E-state index contributed by atoms with van der Waals surface area (Å²) in [5.41, 5.74) is 0. The van der Waals surface area contributed by atoms with Gasteiger partial charge in [-0.25, -0.2) is 0 Å². The van der Waals surface area contributed by atoms with Crippen LogP contribution in [0.25, 0.3) is 0 Å². The summed E-state index contributed by atoms with van der Waals surface area (Å²) in [7, 11) is 0. The maximum Gasteiger partial charge on any atom is 0.220 e. The summed E-state index contributed by atoms with van der Waals surface area (Å²) >= 11 is 0. The number of nitrogens with zero attached hydrogens (tertiary/aromatic N) is 1. The van der Waals surface area contributed by atoms with Gasteiger partial charge in [-0.3, -0.25) is 4.79 Å². The second kappa shape index (κ2) is 6.80. The van der Waals surface area contributed by atoms with Crippen LogP contribution in [0.2, 0.25) is 0 Å². The summed E-state index contributed by atoms with van der Waals surface area (Å²) in [6.07, 6.45) is 3.56. The smallest absolute Gasteiger partial charge is 0.220 e. The molecule has 4 nitrogen and oxygen atoms in total. The second-order valence-corrected chi connectivity index (χ2v) is 4.30. The number of hydrogen-bond acceptors (Lipinski definition) is 3. The lowest BCUT2D eigenvalue weighted by molar-refractivity contribution is -0.122. The second-order valence-electron chi connectivity index (χ2n) is 4.30. The summed E-state index contributed by atoms with van der Waals surface area (Å²) in [5.74, 6) is 0.0516. The SMILES string of the molecule is CC(CN1CCCC1)NC(=O)CCCO. The number of carbonyl (C=O) groups is 1. The molecule has 0 bridgehead atoms. The molecule has 2 N–H and O–H groups in total. The Hall–Kier alpha value is -0.610. The largest absolute Gasteiger partial charge is 0.396 e. The molecule has 0 saturated carbocycles. The minimum Gasteiger partial charge on any atom is -0.396 e. The van der Waals surface area contributed by atoms with E-state index < -0.39 is 0 Å². The number of nitrogens with one attached hydrogen (secondary N) is 1. The molecular weight excluding hydrogens is 192 g/mol. The van der Waals surface area contributed by atoms with Crippen molar-refractivity contribution in [2.75, 3.05) is 26.2 Å². The van der Waals surface area contributed by atoms with Crippen molar-refractivity contribution in [3.05, 3.63) is 0 Å². The van der Waals surface area contributed by atoms with Crippen molar-refractivity contribution < 1.29 is 9.90 Å². The Balaban J connectivity index is 2.11. The van der Waals surface area contributed by atoms with Gasteiger partial charge in [-0.2, -0.15) is 0 Å². The van der Waals surface area contributed by atoms with Gasteiger partial charge in [0.15, 0.2) is 0 Å². The molecule has 1 aliphatic heterocycles. The fraction of sp³-hybridized carbons (Fsp3) is 0.909. The summed E-state index contributed by atoms with van der Waals surface area (Å²) < 4.78 is 0. The third-order valence-corrected chi connectivity index (χ3v) is 2.70. The zero-order valence-electron chi connectivity index (χ0n) is 9.54. The highest BCUT2D eigenvalue weighted by Crippen LogP contribution is 2.07. The van der Waals surface area contributed by atoms with Crippen molar-refractivity contribution in [3.8, 4) is 0 Å². The molecule has 15 heavy (non-hydrogen) atoms. The zero-order valence-corrected chi connectivity index (χ0v) is 9.54. The Labute approximate surface area is 91.6 Å². The van der Waals surface area contributed by atoms with Gasteiger partial charge >= 0.3 is 0 Å². The summed E-state index contributed by atoms with van der Waals surface area (Å²) in [5, 5.41) is 11.5. The van der Waals surface area contributed by atoms with Crippen molar-refractivity contribution >= 4 is 5.91 Å². The Kier molecular flexibility index (Phi) is 5.65. The molecule has 1 amide bonds. The highest BCUT2D eigenvalue weighted by molar-refractivity contribution is 5.76. The normalized spacial score (nSPS) is 19.1. The van der Waals surface area contributed by atoms with Crippen LogP contribution in [0.3, 0.4) is 0 Å². The molecule has 88 valence electrons. The van der Waals surface area contributed by atoms with Gasteiger partial charge in [0.05, 0.1) is 0 Å². The van der Waals surface area contributed by atoms with Gasteiger partial charge in [-0.05, 0) is 39.3 Å². The monoisotopic (exact) mass is 214 g/mol. The van der Waals surface area contributed by atoms with Crippen molar-refractivity contribution in [3.63, 3.8) is 0 Å².